The van der Waals surface area contributed by atoms with Crippen LogP contribution >= 0.6 is 11.8 Å². The Hall–Kier alpha value is -6.86. The Morgan fingerprint density at radius 2 is 1.01 bits per heavy atom. The van der Waals surface area contributed by atoms with Gasteiger partial charge in [-0.2, -0.15) is 11.8 Å². The van der Waals surface area contributed by atoms with Gasteiger partial charge in [0.2, 0.25) is 59.1 Å². The Kier molecular flexibility index (Phi) is 31.6. The molecule has 10 amide bonds. The monoisotopic (exact) mass is 1140 g/mol. The van der Waals surface area contributed by atoms with Crippen molar-refractivity contribution in [1.82, 2.24) is 52.8 Å². The molecule has 0 aromatic carbocycles. The molecule has 1 heterocycles. The molecule has 0 aromatic heterocycles. The fourth-order valence-electron chi connectivity index (χ4n) is 7.85. The summed E-state index contributed by atoms with van der Waals surface area (Å²) in [6.45, 7) is 9.11. The quantitative estimate of drug-likeness (QED) is 0.0158. The second-order valence-electron chi connectivity index (χ2n) is 20.0. The van der Waals surface area contributed by atoms with E-state index >= 15 is 0 Å². The number of aliphatic imine (C=N–C) groups is 1. The molecule has 0 aromatic rings. The molecule has 31 heteroatoms. The van der Waals surface area contributed by atoms with Gasteiger partial charge in [-0.15, -0.1) is 0 Å². The highest BCUT2D eigenvalue weighted by Gasteiger charge is 2.40. The summed E-state index contributed by atoms with van der Waals surface area (Å²) in [5.41, 5.74) is 16.7. The maximum absolute atomic E-state index is 14.2. The number of rotatable bonds is 36. The largest absolute Gasteiger partial charge is 0.481 e. The molecule has 1 saturated heterocycles. The van der Waals surface area contributed by atoms with Crippen LogP contribution < -0.4 is 65.1 Å². The van der Waals surface area contributed by atoms with Gasteiger partial charge in [0.1, 0.15) is 60.4 Å². The van der Waals surface area contributed by atoms with Crippen molar-refractivity contribution in [3.05, 3.63) is 0 Å². The number of nitrogens with two attached hydrogens (primary N) is 3. The number of hydrogen-bond donors (Lipinski definition) is 16. The summed E-state index contributed by atoms with van der Waals surface area (Å²) in [5, 5.41) is 60.9. The van der Waals surface area contributed by atoms with Gasteiger partial charge in [0, 0.05) is 19.5 Å². The number of guanidine groups is 1. The Balaban J connectivity index is 3.16. The summed E-state index contributed by atoms with van der Waals surface area (Å²) in [6.07, 6.45) is 1.58. The Morgan fingerprint density at radius 1 is 0.570 bits per heavy atom. The number of thioether (sulfide) groups is 1. The van der Waals surface area contributed by atoms with Gasteiger partial charge in [-0.1, -0.05) is 27.7 Å². The van der Waals surface area contributed by atoms with Gasteiger partial charge in [-0.05, 0) is 96.0 Å². The molecule has 79 heavy (non-hydrogen) atoms. The topological polar surface area (TPSA) is 488 Å². The van der Waals surface area contributed by atoms with Crippen LogP contribution in [0.25, 0.3) is 0 Å². The molecule has 0 saturated carbocycles. The van der Waals surface area contributed by atoms with E-state index in [1.807, 2.05) is 13.8 Å². The second kappa shape index (κ2) is 35.6. The zero-order valence-electron chi connectivity index (χ0n) is 46.1. The SMILES string of the molecule is CSCC[C@H](NC(=O)[C@H](CO)NC(=O)[C@H](C)NC(=O)[C@H](CO)NC(=O)[C@H](CCCN=C(N)N)NC(=O)[C@H](C)NC(=O)[C@@H](N)CC(C)C)C(=O)N1CCC[C@H]1C(=O)N[C@@H](CCC(=O)O)C(=O)N[C@@H](C)C(=O)N[C@@H](CC(C)C)C(=O)O. The lowest BCUT2D eigenvalue weighted by atomic mass is 10.0. The number of carbonyl (C=O) groups is 12. The third kappa shape index (κ3) is 25.7. The van der Waals surface area contributed by atoms with E-state index in [4.69, 9.17) is 17.2 Å². The molecule has 11 atom stereocenters. The van der Waals surface area contributed by atoms with Crippen LogP contribution in [0.5, 0.6) is 0 Å². The van der Waals surface area contributed by atoms with Gasteiger partial charge >= 0.3 is 11.9 Å². The lowest BCUT2D eigenvalue weighted by Gasteiger charge is -2.30. The van der Waals surface area contributed by atoms with E-state index in [2.05, 4.69) is 52.8 Å². The third-order valence-corrected chi connectivity index (χ3v) is 12.8. The van der Waals surface area contributed by atoms with Crippen LogP contribution in [0.1, 0.15) is 106 Å². The smallest absolute Gasteiger partial charge is 0.326 e. The molecule has 0 spiro atoms. The fraction of sp³-hybridized carbons (Fsp3) is 0.729. The summed E-state index contributed by atoms with van der Waals surface area (Å²) in [6, 6.07) is -15.0. The minimum absolute atomic E-state index is 0.00353. The summed E-state index contributed by atoms with van der Waals surface area (Å²) in [5.74, 6) is -11.5. The predicted molar refractivity (Wildman–Crippen MR) is 288 cm³/mol. The molecule has 0 bridgehead atoms. The summed E-state index contributed by atoms with van der Waals surface area (Å²) >= 11 is 1.31. The van der Waals surface area contributed by atoms with Gasteiger partial charge < -0.3 is 90.4 Å². The lowest BCUT2D eigenvalue weighted by molar-refractivity contribution is -0.143. The molecular weight excluding hydrogens is 1060 g/mol. The zero-order valence-corrected chi connectivity index (χ0v) is 46.9. The van der Waals surface area contributed by atoms with Crippen molar-refractivity contribution in [2.45, 2.75) is 173 Å². The van der Waals surface area contributed by atoms with Crippen LogP contribution in [0, 0.1) is 11.8 Å². The van der Waals surface area contributed by atoms with Crippen LogP contribution in [0.2, 0.25) is 0 Å². The average molecular weight is 1150 g/mol. The number of amides is 10. The van der Waals surface area contributed by atoms with Crippen LogP contribution in [-0.2, 0) is 57.5 Å². The standard InChI is InChI=1S/C48H84N14O16S/c1-23(2)19-28(49)40(70)53-25(5)37(67)56-29(11-9-16-52-48(50)51)42(72)61-33(21-63)43(73)55-27(7)39(69)60-34(22-64)44(74)58-31(15-18-79-8)46(76)62-17-10-12-35(62)45(75)57-30(13-14-36(65)66)41(71)54-26(6)38(68)59-32(47(77)78)20-24(3)4/h23-35,63-64H,9-22,49H2,1-8H3,(H,53,70)(H,54,71)(H,55,73)(H,56,67)(H,57,75)(H,58,74)(H,59,68)(H,60,69)(H,61,72)(H,65,66)(H,77,78)(H4,50,51,52)/t25-,26-,27-,28-,29-,30-,31-,32-,33-,34-,35-/m0/s1. The molecule has 0 radical (unpaired) electrons. The van der Waals surface area contributed by atoms with Crippen molar-refractivity contribution in [2.24, 2.45) is 34.0 Å². The summed E-state index contributed by atoms with van der Waals surface area (Å²) in [7, 11) is 0. The molecule has 30 nitrogen and oxygen atoms in total. The number of nitrogens with one attached hydrogen (secondary N) is 9. The number of carbonyl (C=O) groups excluding carboxylic acids is 10. The van der Waals surface area contributed by atoms with Crippen molar-refractivity contribution in [3.8, 4) is 0 Å². The minimum atomic E-state index is -1.72. The number of carboxylic acid groups (broad SMARTS) is 2. The van der Waals surface area contributed by atoms with Crippen LogP contribution in [0.4, 0.5) is 0 Å². The first kappa shape index (κ1) is 70.2. The van der Waals surface area contributed by atoms with Crippen molar-refractivity contribution in [2.75, 3.05) is 38.3 Å². The van der Waals surface area contributed by atoms with Gasteiger partial charge in [-0.25, -0.2) is 4.79 Å². The molecule has 1 fully saturated rings. The number of carboxylic acids is 2. The lowest BCUT2D eigenvalue weighted by Crippen LogP contribution is -2.61. The molecule has 1 aliphatic rings. The number of aliphatic hydroxyl groups excluding tert-OH is 2. The van der Waals surface area contributed by atoms with Gasteiger partial charge in [0.15, 0.2) is 5.96 Å². The van der Waals surface area contributed by atoms with E-state index in [-0.39, 0.29) is 63.0 Å². The number of nitrogens with zero attached hydrogens (tertiary/aromatic N) is 2. The van der Waals surface area contributed by atoms with E-state index in [1.165, 1.54) is 37.4 Å². The van der Waals surface area contributed by atoms with E-state index in [0.717, 1.165) is 0 Å². The predicted octanol–water partition coefficient (Wildman–Crippen LogP) is -5.44. The Labute approximate surface area is 463 Å². The van der Waals surface area contributed by atoms with E-state index in [0.29, 0.717) is 18.6 Å². The van der Waals surface area contributed by atoms with E-state index < -0.39 is 164 Å². The first-order chi connectivity index (χ1) is 37.0. The maximum Gasteiger partial charge on any atom is 0.326 e. The normalized spacial score (nSPS) is 16.9. The molecule has 0 unspecified atom stereocenters. The number of aliphatic carboxylic acids is 2. The fourth-order valence-corrected chi connectivity index (χ4v) is 8.32. The van der Waals surface area contributed by atoms with Gasteiger partial charge in [0.25, 0.3) is 0 Å². The molecule has 1 aliphatic heterocycles. The molecule has 1 rings (SSSR count). The van der Waals surface area contributed by atoms with Crippen molar-refractivity contribution < 1.29 is 78.0 Å². The zero-order chi connectivity index (χ0) is 60.3. The molecular formula is C48H84N14O16S. The third-order valence-electron chi connectivity index (χ3n) is 12.2. The van der Waals surface area contributed by atoms with Crippen molar-refractivity contribution in [1.29, 1.82) is 0 Å². The minimum Gasteiger partial charge on any atom is -0.481 e. The number of hydrogen-bond acceptors (Lipinski definition) is 17. The maximum atomic E-state index is 14.2. The first-order valence-electron chi connectivity index (χ1n) is 26.0. The summed E-state index contributed by atoms with van der Waals surface area (Å²) < 4.78 is 0. The summed E-state index contributed by atoms with van der Waals surface area (Å²) in [4.78, 5) is 162. The number of likely N-dealkylation sites (tertiary alicyclic amines) is 1. The second-order valence-corrected chi connectivity index (χ2v) is 21.0. The van der Waals surface area contributed by atoms with Crippen LogP contribution in [-0.4, -0.2) is 207 Å². The van der Waals surface area contributed by atoms with Crippen molar-refractivity contribution in [3.63, 3.8) is 0 Å². The van der Waals surface area contributed by atoms with Gasteiger partial charge in [0.05, 0.1) is 19.3 Å². The van der Waals surface area contributed by atoms with Crippen LogP contribution in [0.3, 0.4) is 0 Å². The van der Waals surface area contributed by atoms with Crippen molar-refractivity contribution >= 4 is 88.7 Å². The first-order valence-corrected chi connectivity index (χ1v) is 27.4. The van der Waals surface area contributed by atoms with Gasteiger partial charge in [-0.3, -0.25) is 57.7 Å². The molecule has 0 aliphatic carbocycles. The van der Waals surface area contributed by atoms with Crippen LogP contribution in [0.15, 0.2) is 4.99 Å². The molecule has 448 valence electrons. The highest BCUT2D eigenvalue weighted by Crippen LogP contribution is 2.21. The van der Waals surface area contributed by atoms with E-state index in [1.54, 1.807) is 20.1 Å². The Bertz CT molecular complexity index is 2150. The highest BCUT2D eigenvalue weighted by molar-refractivity contribution is 7.98. The number of aliphatic hydroxyl groups is 2. The van der Waals surface area contributed by atoms with E-state index in [9.17, 15) is 78.0 Å². The Morgan fingerprint density at radius 3 is 1.49 bits per heavy atom. The molecule has 19 N–H and O–H groups in total. The highest BCUT2D eigenvalue weighted by atomic mass is 32.2. The average Bonchev–Trinajstić information content (AvgIpc) is 3.87.